The highest BCUT2D eigenvalue weighted by atomic mass is 19.1. The molecule has 0 aliphatic carbocycles. The molecule has 0 spiro atoms. The summed E-state index contributed by atoms with van der Waals surface area (Å²) < 4.78 is 13.6. The van der Waals surface area contributed by atoms with Crippen LogP contribution in [0.1, 0.15) is 64.4 Å². The molecule has 176 valence electrons. The Bertz CT molecular complexity index is 1050. The number of aliphatic carboxylic acids is 1. The van der Waals surface area contributed by atoms with Crippen LogP contribution in [0.4, 0.5) is 10.2 Å². The zero-order valence-electron chi connectivity index (χ0n) is 19.8. The van der Waals surface area contributed by atoms with Gasteiger partial charge < -0.3 is 10.0 Å². The fourth-order valence-corrected chi connectivity index (χ4v) is 4.26. The summed E-state index contributed by atoms with van der Waals surface area (Å²) in [4.78, 5) is 18.0. The van der Waals surface area contributed by atoms with Crippen LogP contribution < -0.4 is 4.90 Å². The average molecular weight is 451 g/mol. The summed E-state index contributed by atoms with van der Waals surface area (Å²) in [5.41, 5.74) is 3.94. The van der Waals surface area contributed by atoms with Gasteiger partial charge in [0, 0.05) is 11.9 Å². The van der Waals surface area contributed by atoms with E-state index in [-0.39, 0.29) is 12.4 Å². The van der Waals surface area contributed by atoms with Crippen molar-refractivity contribution in [3.8, 4) is 11.1 Å². The van der Waals surface area contributed by atoms with Crippen LogP contribution in [-0.2, 0) is 11.2 Å². The van der Waals surface area contributed by atoms with Crippen molar-refractivity contribution in [1.29, 1.82) is 0 Å². The Labute approximate surface area is 196 Å². The van der Waals surface area contributed by atoms with Gasteiger partial charge in [0.2, 0.25) is 0 Å². The molecule has 1 N–H and O–H groups in total. The zero-order valence-corrected chi connectivity index (χ0v) is 19.8. The molecule has 0 atom stereocenters. The lowest BCUT2D eigenvalue weighted by Gasteiger charge is -2.23. The minimum atomic E-state index is -0.886. The third-order valence-electron chi connectivity index (χ3n) is 5.98. The highest BCUT2D eigenvalue weighted by Crippen LogP contribution is 2.33. The lowest BCUT2D eigenvalue weighted by atomic mass is 9.97. The van der Waals surface area contributed by atoms with E-state index in [4.69, 9.17) is 4.98 Å². The molecule has 0 fully saturated rings. The Morgan fingerprint density at radius 3 is 2.36 bits per heavy atom. The minimum Gasteiger partial charge on any atom is -0.480 e. The molecular formula is C28H35FN2O2. The largest absolute Gasteiger partial charge is 0.480 e. The van der Waals surface area contributed by atoms with Crippen LogP contribution in [0, 0.1) is 5.82 Å². The molecule has 1 heterocycles. The number of nitrogens with zero attached hydrogens (tertiary/aromatic N) is 2. The Hall–Kier alpha value is -2.95. The first kappa shape index (κ1) is 24.7. The summed E-state index contributed by atoms with van der Waals surface area (Å²) in [7, 11) is 0. The number of carbonyl (C=O) groups is 1. The topological polar surface area (TPSA) is 53.4 Å². The fourth-order valence-electron chi connectivity index (χ4n) is 4.26. The molecule has 1 aromatic heterocycles. The molecule has 5 heteroatoms. The van der Waals surface area contributed by atoms with Gasteiger partial charge in [-0.15, -0.1) is 0 Å². The molecule has 0 bridgehead atoms. The van der Waals surface area contributed by atoms with Gasteiger partial charge in [0.1, 0.15) is 18.2 Å². The van der Waals surface area contributed by atoms with E-state index in [1.807, 2.05) is 19.1 Å². The molecular weight excluding hydrogens is 415 g/mol. The Morgan fingerprint density at radius 1 is 0.939 bits per heavy atom. The van der Waals surface area contributed by atoms with E-state index in [1.54, 1.807) is 17.0 Å². The third-order valence-corrected chi connectivity index (χ3v) is 5.98. The summed E-state index contributed by atoms with van der Waals surface area (Å²) in [5, 5.41) is 10.4. The van der Waals surface area contributed by atoms with E-state index in [1.165, 1.54) is 49.8 Å². The molecule has 0 amide bonds. The number of hydrogen-bond donors (Lipinski definition) is 1. The first-order valence-corrected chi connectivity index (χ1v) is 12.2. The number of benzene rings is 2. The van der Waals surface area contributed by atoms with Crippen LogP contribution in [-0.4, -0.2) is 29.1 Å². The van der Waals surface area contributed by atoms with Crippen molar-refractivity contribution in [2.24, 2.45) is 0 Å². The van der Waals surface area contributed by atoms with Crippen molar-refractivity contribution < 1.29 is 14.3 Å². The highest BCUT2D eigenvalue weighted by Gasteiger charge is 2.16. The summed E-state index contributed by atoms with van der Waals surface area (Å²) in [6, 6.07) is 14.8. The summed E-state index contributed by atoms with van der Waals surface area (Å²) in [5.74, 6) is -0.530. The first-order valence-electron chi connectivity index (χ1n) is 12.2. The van der Waals surface area contributed by atoms with Gasteiger partial charge in [0.15, 0.2) is 0 Å². The van der Waals surface area contributed by atoms with Crippen LogP contribution in [0.15, 0.2) is 48.5 Å². The van der Waals surface area contributed by atoms with Crippen LogP contribution in [0.3, 0.4) is 0 Å². The summed E-state index contributed by atoms with van der Waals surface area (Å²) in [6.45, 7) is 4.75. The third kappa shape index (κ3) is 7.01. The van der Waals surface area contributed by atoms with Gasteiger partial charge in [-0.25, -0.2) is 9.37 Å². The molecule has 0 radical (unpaired) electrons. The molecule has 33 heavy (non-hydrogen) atoms. The number of aryl methyl sites for hydroxylation is 1. The van der Waals surface area contributed by atoms with Crippen LogP contribution in [0.5, 0.6) is 0 Å². The second-order valence-electron chi connectivity index (χ2n) is 8.72. The van der Waals surface area contributed by atoms with Crippen molar-refractivity contribution in [2.75, 3.05) is 18.0 Å². The molecule has 3 rings (SSSR count). The van der Waals surface area contributed by atoms with Crippen LogP contribution >= 0.6 is 0 Å². The molecule has 0 aliphatic rings. The predicted molar refractivity (Wildman–Crippen MR) is 134 cm³/mol. The maximum absolute atomic E-state index is 13.6. The van der Waals surface area contributed by atoms with Crippen molar-refractivity contribution >= 4 is 22.7 Å². The van der Waals surface area contributed by atoms with Crippen LogP contribution in [0.2, 0.25) is 0 Å². The van der Waals surface area contributed by atoms with E-state index >= 15 is 0 Å². The van der Waals surface area contributed by atoms with Gasteiger partial charge in [0.25, 0.3) is 0 Å². The van der Waals surface area contributed by atoms with E-state index in [9.17, 15) is 14.3 Å². The zero-order chi connectivity index (χ0) is 23.6. The average Bonchev–Trinajstić information content (AvgIpc) is 2.80. The van der Waals surface area contributed by atoms with Gasteiger partial charge in [-0.1, -0.05) is 64.2 Å². The fraction of sp³-hybridized carbons (Fsp3) is 0.429. The Kier molecular flexibility index (Phi) is 9.23. The summed E-state index contributed by atoms with van der Waals surface area (Å²) >= 11 is 0. The maximum Gasteiger partial charge on any atom is 0.323 e. The molecule has 2 aromatic carbocycles. The van der Waals surface area contributed by atoms with Crippen molar-refractivity contribution in [3.63, 3.8) is 0 Å². The maximum atomic E-state index is 13.6. The second kappa shape index (κ2) is 12.3. The first-order chi connectivity index (χ1) is 16.0. The number of unbranched alkanes of at least 4 members (excludes halogenated alkanes) is 5. The van der Waals surface area contributed by atoms with Crippen LogP contribution in [0.25, 0.3) is 22.0 Å². The molecule has 0 saturated carbocycles. The monoisotopic (exact) mass is 450 g/mol. The lowest BCUT2D eigenvalue weighted by Crippen LogP contribution is -2.31. The highest BCUT2D eigenvalue weighted by molar-refractivity contribution is 5.96. The number of carboxylic acid groups (broad SMARTS) is 1. The second-order valence-corrected chi connectivity index (χ2v) is 8.72. The number of carboxylic acids is 1. The molecule has 0 saturated heterocycles. The lowest BCUT2D eigenvalue weighted by molar-refractivity contribution is -0.135. The van der Waals surface area contributed by atoms with Crippen molar-refractivity contribution in [1.82, 2.24) is 4.98 Å². The molecule has 3 aromatic rings. The minimum absolute atomic E-state index is 0.106. The quantitative estimate of drug-likeness (QED) is 0.279. The van der Waals surface area contributed by atoms with Gasteiger partial charge >= 0.3 is 5.97 Å². The summed E-state index contributed by atoms with van der Waals surface area (Å²) in [6.07, 6.45) is 9.39. The molecule has 0 unspecified atom stereocenters. The Morgan fingerprint density at radius 2 is 1.67 bits per heavy atom. The van der Waals surface area contributed by atoms with E-state index in [2.05, 4.69) is 19.1 Å². The van der Waals surface area contributed by atoms with E-state index < -0.39 is 5.97 Å². The molecule has 4 nitrogen and oxygen atoms in total. The van der Waals surface area contributed by atoms with Gasteiger partial charge in [0.05, 0.1) is 5.52 Å². The number of rotatable bonds is 13. The number of aromatic nitrogens is 1. The Balaban J connectivity index is 1.96. The number of anilines is 1. The number of halogens is 1. The SMILES string of the molecule is CCCCCCCCc1ccc2nc(N(CCC)CC(=O)O)cc(-c3ccc(F)cc3)c2c1. The standard InChI is InChI=1S/C28H35FN2O2/c1-3-5-6-7-8-9-10-21-11-16-26-25(18-21)24(22-12-14-23(29)15-13-22)19-27(30-26)31(17-4-2)20-28(32)33/h11-16,18-19H,3-10,17,20H2,1-2H3,(H,32,33). The van der Waals surface area contributed by atoms with E-state index in [0.717, 1.165) is 41.3 Å². The molecule has 0 aliphatic heterocycles. The number of fused-ring (bicyclic) bond motifs is 1. The van der Waals surface area contributed by atoms with Crippen molar-refractivity contribution in [3.05, 3.63) is 59.9 Å². The van der Waals surface area contributed by atoms with Crippen molar-refractivity contribution in [2.45, 2.75) is 65.2 Å². The van der Waals surface area contributed by atoms with Gasteiger partial charge in [-0.2, -0.15) is 0 Å². The van der Waals surface area contributed by atoms with Gasteiger partial charge in [-0.05, 0) is 66.3 Å². The predicted octanol–water partition coefficient (Wildman–Crippen LogP) is 7.24. The normalized spacial score (nSPS) is 11.1. The van der Waals surface area contributed by atoms with E-state index in [0.29, 0.717) is 12.4 Å². The van der Waals surface area contributed by atoms with Gasteiger partial charge in [-0.3, -0.25) is 4.79 Å². The number of pyridine rings is 1. The number of hydrogen-bond acceptors (Lipinski definition) is 3. The smallest absolute Gasteiger partial charge is 0.323 e.